The lowest BCUT2D eigenvalue weighted by Crippen LogP contribution is -1.85. The van der Waals surface area contributed by atoms with Gasteiger partial charge in [0.15, 0.2) is 0 Å². The van der Waals surface area contributed by atoms with Crippen molar-refractivity contribution in [1.82, 2.24) is 0 Å². The minimum absolute atomic E-state index is 0.777. The maximum absolute atomic E-state index is 10.4. The van der Waals surface area contributed by atoms with Gasteiger partial charge in [-0.05, 0) is 51.4 Å². The average Bonchev–Trinajstić information content (AvgIpc) is 2.70. The lowest BCUT2D eigenvalue weighted by Gasteiger charge is -2.06. The van der Waals surface area contributed by atoms with Crippen molar-refractivity contribution < 1.29 is 4.79 Å². The Morgan fingerprint density at radius 1 is 0.692 bits per heavy atom. The predicted molar refractivity (Wildman–Crippen MR) is 109 cm³/mol. The number of allylic oxidation sites excluding steroid dienone is 1. The number of aldehydes is 1. The second-order valence-corrected chi connectivity index (χ2v) is 6.06. The number of carbonyl (C=O) groups is 1. The standard InChI is InChI=1S/C25H16O/c26-17-5-6-19-11-13-20(14-12-19)15-16-25-23-9-3-1-7-21(23)18-22-8-2-4-10-24(22)25/h1-14,17-18H/b6-5+. The Kier molecular flexibility index (Phi) is 4.33. The molecule has 0 amide bonds. The van der Waals surface area contributed by atoms with Crippen LogP contribution in [0.25, 0.3) is 27.6 Å². The third-order valence-electron chi connectivity index (χ3n) is 4.38. The lowest BCUT2D eigenvalue weighted by atomic mass is 9.97. The van der Waals surface area contributed by atoms with E-state index in [-0.39, 0.29) is 0 Å². The number of rotatable bonds is 2. The number of benzene rings is 4. The van der Waals surface area contributed by atoms with Gasteiger partial charge < -0.3 is 0 Å². The minimum Gasteiger partial charge on any atom is -0.299 e. The van der Waals surface area contributed by atoms with Crippen LogP contribution in [0.15, 0.2) is 84.9 Å². The minimum atomic E-state index is 0.777. The van der Waals surface area contributed by atoms with E-state index in [0.717, 1.165) is 23.0 Å². The van der Waals surface area contributed by atoms with E-state index in [1.165, 1.54) is 27.6 Å². The molecule has 0 aliphatic rings. The Balaban J connectivity index is 1.83. The normalized spacial score (nSPS) is 10.8. The van der Waals surface area contributed by atoms with Gasteiger partial charge in [-0.25, -0.2) is 0 Å². The topological polar surface area (TPSA) is 17.1 Å². The van der Waals surface area contributed by atoms with E-state index in [1.807, 2.05) is 24.3 Å². The molecule has 0 heterocycles. The summed E-state index contributed by atoms with van der Waals surface area (Å²) in [6.45, 7) is 0. The molecule has 26 heavy (non-hydrogen) atoms. The molecule has 0 saturated carbocycles. The highest BCUT2D eigenvalue weighted by Gasteiger charge is 2.04. The fourth-order valence-electron chi connectivity index (χ4n) is 3.11. The first kappa shape index (κ1) is 15.9. The van der Waals surface area contributed by atoms with E-state index < -0.39 is 0 Å². The van der Waals surface area contributed by atoms with Gasteiger partial charge in [0.25, 0.3) is 0 Å². The van der Waals surface area contributed by atoms with Crippen LogP contribution in [0.1, 0.15) is 16.7 Å². The van der Waals surface area contributed by atoms with E-state index in [0.29, 0.717) is 0 Å². The highest BCUT2D eigenvalue weighted by Crippen LogP contribution is 2.27. The molecular formula is C25H16O. The maximum atomic E-state index is 10.4. The average molecular weight is 332 g/mol. The molecule has 0 aromatic heterocycles. The molecule has 0 aliphatic heterocycles. The van der Waals surface area contributed by atoms with Gasteiger partial charge in [-0.15, -0.1) is 0 Å². The summed E-state index contributed by atoms with van der Waals surface area (Å²) in [5, 5.41) is 4.74. The van der Waals surface area contributed by atoms with Gasteiger partial charge in [0.1, 0.15) is 6.29 Å². The SMILES string of the molecule is O=C/C=C/c1ccc(C#Cc2c3ccccc3cc3ccccc23)cc1. The van der Waals surface area contributed by atoms with Crippen molar-refractivity contribution in [3.63, 3.8) is 0 Å². The highest BCUT2D eigenvalue weighted by atomic mass is 16.1. The Morgan fingerprint density at radius 2 is 1.31 bits per heavy atom. The third-order valence-corrected chi connectivity index (χ3v) is 4.38. The molecule has 0 atom stereocenters. The fraction of sp³-hybridized carbons (Fsp3) is 0. The van der Waals surface area contributed by atoms with Crippen LogP contribution in [0.3, 0.4) is 0 Å². The van der Waals surface area contributed by atoms with Crippen LogP contribution in [0.4, 0.5) is 0 Å². The molecule has 4 aromatic carbocycles. The molecular weight excluding hydrogens is 316 g/mol. The van der Waals surface area contributed by atoms with E-state index in [4.69, 9.17) is 0 Å². The zero-order chi connectivity index (χ0) is 17.8. The molecule has 0 aliphatic carbocycles. The predicted octanol–water partition coefficient (Wildman–Crippen LogP) is 5.60. The maximum Gasteiger partial charge on any atom is 0.142 e. The second-order valence-electron chi connectivity index (χ2n) is 6.06. The van der Waals surface area contributed by atoms with Crippen LogP contribution in [0.2, 0.25) is 0 Å². The van der Waals surface area contributed by atoms with Crippen LogP contribution in [-0.2, 0) is 4.79 Å². The molecule has 0 N–H and O–H groups in total. The van der Waals surface area contributed by atoms with E-state index in [1.54, 1.807) is 6.08 Å². The molecule has 0 radical (unpaired) electrons. The molecule has 0 spiro atoms. The number of hydrogen-bond donors (Lipinski definition) is 0. The van der Waals surface area contributed by atoms with Gasteiger partial charge in [0.2, 0.25) is 0 Å². The zero-order valence-corrected chi connectivity index (χ0v) is 14.1. The summed E-state index contributed by atoms with van der Waals surface area (Å²) in [7, 11) is 0. The first-order valence-corrected chi connectivity index (χ1v) is 8.49. The van der Waals surface area contributed by atoms with Crippen molar-refractivity contribution in [3.05, 3.63) is 102 Å². The van der Waals surface area contributed by atoms with Crippen molar-refractivity contribution in [1.29, 1.82) is 0 Å². The Hall–Kier alpha value is -3.63. The quantitative estimate of drug-likeness (QED) is 0.202. The molecule has 4 aromatic rings. The van der Waals surface area contributed by atoms with Crippen molar-refractivity contribution in [2.45, 2.75) is 0 Å². The van der Waals surface area contributed by atoms with Gasteiger partial charge in [-0.2, -0.15) is 0 Å². The van der Waals surface area contributed by atoms with Crippen LogP contribution in [0, 0.1) is 11.8 Å². The van der Waals surface area contributed by atoms with E-state index in [2.05, 4.69) is 66.4 Å². The molecule has 122 valence electrons. The van der Waals surface area contributed by atoms with Crippen molar-refractivity contribution in [3.8, 4) is 11.8 Å². The van der Waals surface area contributed by atoms with Crippen LogP contribution in [0.5, 0.6) is 0 Å². The fourth-order valence-corrected chi connectivity index (χ4v) is 3.11. The van der Waals surface area contributed by atoms with Gasteiger partial charge in [0.05, 0.1) is 0 Å². The monoisotopic (exact) mass is 332 g/mol. The number of carbonyl (C=O) groups excluding carboxylic acids is 1. The molecule has 0 fully saturated rings. The largest absolute Gasteiger partial charge is 0.299 e. The summed E-state index contributed by atoms with van der Waals surface area (Å²) >= 11 is 0. The smallest absolute Gasteiger partial charge is 0.142 e. The summed E-state index contributed by atoms with van der Waals surface area (Å²) < 4.78 is 0. The first-order valence-electron chi connectivity index (χ1n) is 8.49. The summed E-state index contributed by atoms with van der Waals surface area (Å²) in [6.07, 6.45) is 4.05. The molecule has 0 saturated heterocycles. The molecule has 0 bridgehead atoms. The number of fused-ring (bicyclic) bond motifs is 2. The highest BCUT2D eigenvalue weighted by molar-refractivity contribution is 6.04. The van der Waals surface area contributed by atoms with Crippen molar-refractivity contribution in [2.24, 2.45) is 0 Å². The van der Waals surface area contributed by atoms with Crippen LogP contribution in [-0.4, -0.2) is 6.29 Å². The molecule has 1 nitrogen and oxygen atoms in total. The molecule has 4 rings (SSSR count). The molecule has 0 unspecified atom stereocenters. The summed E-state index contributed by atoms with van der Waals surface area (Å²) in [5.74, 6) is 6.67. The number of hydrogen-bond acceptors (Lipinski definition) is 1. The van der Waals surface area contributed by atoms with Gasteiger partial charge in [-0.1, -0.05) is 78.6 Å². The summed E-state index contributed by atoms with van der Waals surface area (Å²) in [5.41, 5.74) is 2.99. The van der Waals surface area contributed by atoms with Crippen LogP contribution >= 0.6 is 0 Å². The lowest BCUT2D eigenvalue weighted by molar-refractivity contribution is -0.104. The van der Waals surface area contributed by atoms with Gasteiger partial charge in [0, 0.05) is 11.1 Å². The summed E-state index contributed by atoms with van der Waals surface area (Å²) in [6, 6.07) is 26.8. The molecule has 1 heteroatoms. The summed E-state index contributed by atoms with van der Waals surface area (Å²) in [4.78, 5) is 10.4. The van der Waals surface area contributed by atoms with Crippen molar-refractivity contribution in [2.75, 3.05) is 0 Å². The zero-order valence-electron chi connectivity index (χ0n) is 14.1. The van der Waals surface area contributed by atoms with Crippen LogP contribution < -0.4 is 0 Å². The Bertz CT molecular complexity index is 1130. The second kappa shape index (κ2) is 7.09. The van der Waals surface area contributed by atoms with E-state index >= 15 is 0 Å². The van der Waals surface area contributed by atoms with Crippen molar-refractivity contribution >= 4 is 33.9 Å². The first-order chi connectivity index (χ1) is 12.8. The third kappa shape index (κ3) is 3.14. The Morgan fingerprint density at radius 3 is 1.92 bits per heavy atom. The van der Waals surface area contributed by atoms with E-state index in [9.17, 15) is 4.79 Å². The van der Waals surface area contributed by atoms with Gasteiger partial charge in [-0.3, -0.25) is 4.79 Å². The van der Waals surface area contributed by atoms with Gasteiger partial charge >= 0.3 is 0 Å². The Labute approximate surface area is 152 Å².